The molecule has 0 atom stereocenters. The van der Waals surface area contributed by atoms with Crippen LogP contribution in [0.2, 0.25) is 0 Å². The summed E-state index contributed by atoms with van der Waals surface area (Å²) in [7, 11) is 4.88. The second kappa shape index (κ2) is 9.60. The number of furan rings is 1. The third-order valence-electron chi connectivity index (χ3n) is 5.27. The maximum Gasteiger partial charge on any atom is 0.244 e. The highest BCUT2D eigenvalue weighted by molar-refractivity contribution is 6.02. The van der Waals surface area contributed by atoms with Gasteiger partial charge in [0.2, 0.25) is 5.91 Å². The van der Waals surface area contributed by atoms with Crippen LogP contribution in [0.5, 0.6) is 17.2 Å². The number of carbonyl (C=O) groups excluding carboxylic acids is 1. The van der Waals surface area contributed by atoms with E-state index < -0.39 is 0 Å². The quantitative estimate of drug-likeness (QED) is 0.494. The van der Waals surface area contributed by atoms with E-state index in [1.54, 1.807) is 33.7 Å². The fourth-order valence-corrected chi connectivity index (χ4v) is 3.68. The highest BCUT2D eigenvalue weighted by Gasteiger charge is 2.20. The lowest BCUT2D eigenvalue weighted by molar-refractivity contribution is -0.116. The number of aryl methyl sites for hydroxylation is 1. The van der Waals surface area contributed by atoms with E-state index in [9.17, 15) is 4.79 Å². The van der Waals surface area contributed by atoms with Crippen LogP contribution in [0, 0.1) is 6.92 Å². The third kappa shape index (κ3) is 4.38. The fourth-order valence-electron chi connectivity index (χ4n) is 3.68. The van der Waals surface area contributed by atoms with Crippen LogP contribution in [-0.4, -0.2) is 33.8 Å². The van der Waals surface area contributed by atoms with Gasteiger partial charge in [-0.3, -0.25) is 4.79 Å². The Morgan fingerprint density at radius 3 is 2.52 bits per heavy atom. The second-order valence-electron chi connectivity index (χ2n) is 7.29. The molecule has 0 aliphatic heterocycles. The summed E-state index contributed by atoms with van der Waals surface area (Å²) >= 11 is 0. The molecule has 1 aromatic heterocycles. The summed E-state index contributed by atoms with van der Waals surface area (Å²) in [6, 6.07) is 7.64. The first-order valence-corrected chi connectivity index (χ1v) is 10.2. The van der Waals surface area contributed by atoms with Gasteiger partial charge in [-0.1, -0.05) is 6.92 Å². The van der Waals surface area contributed by atoms with Crippen LogP contribution >= 0.6 is 0 Å². The molecule has 6 heteroatoms. The largest absolute Gasteiger partial charge is 0.497 e. The van der Waals surface area contributed by atoms with Crippen LogP contribution in [0.3, 0.4) is 0 Å². The number of ether oxygens (including phenoxy) is 3. The van der Waals surface area contributed by atoms with Gasteiger partial charge in [-0.05, 0) is 50.1 Å². The van der Waals surface area contributed by atoms with Crippen LogP contribution in [0.15, 0.2) is 41.0 Å². The number of benzene rings is 2. The van der Waals surface area contributed by atoms with Crippen LogP contribution in [0.1, 0.15) is 31.4 Å². The average molecular weight is 424 g/mol. The van der Waals surface area contributed by atoms with E-state index >= 15 is 0 Å². The Kier molecular flexibility index (Phi) is 6.90. The number of fused-ring (bicyclic) bond motifs is 1. The molecule has 31 heavy (non-hydrogen) atoms. The van der Waals surface area contributed by atoms with Crippen molar-refractivity contribution in [3.05, 3.63) is 47.7 Å². The van der Waals surface area contributed by atoms with Crippen molar-refractivity contribution >= 4 is 22.4 Å². The van der Waals surface area contributed by atoms with Crippen molar-refractivity contribution in [2.24, 2.45) is 0 Å². The molecular weight excluding hydrogens is 394 g/mol. The van der Waals surface area contributed by atoms with Gasteiger partial charge in [-0.2, -0.15) is 0 Å². The van der Waals surface area contributed by atoms with E-state index in [1.165, 1.54) is 0 Å². The van der Waals surface area contributed by atoms with Gasteiger partial charge in [-0.25, -0.2) is 0 Å². The molecule has 0 saturated carbocycles. The molecule has 3 rings (SSSR count). The lowest BCUT2D eigenvalue weighted by atomic mass is 9.96. The van der Waals surface area contributed by atoms with Crippen molar-refractivity contribution in [2.75, 3.05) is 27.9 Å². The molecule has 0 spiro atoms. The van der Waals surface area contributed by atoms with E-state index in [0.717, 1.165) is 51.0 Å². The van der Waals surface area contributed by atoms with Crippen molar-refractivity contribution in [1.29, 1.82) is 0 Å². The number of amides is 1. The minimum Gasteiger partial charge on any atom is -0.497 e. The summed E-state index contributed by atoms with van der Waals surface area (Å²) in [5.41, 5.74) is 4.97. The maximum absolute atomic E-state index is 12.2. The first kappa shape index (κ1) is 22.3. The number of hydrogen-bond acceptors (Lipinski definition) is 5. The molecule has 1 amide bonds. The van der Waals surface area contributed by atoms with E-state index in [1.807, 2.05) is 45.0 Å². The molecule has 164 valence electrons. The van der Waals surface area contributed by atoms with Crippen LogP contribution in [0.4, 0.5) is 0 Å². The van der Waals surface area contributed by atoms with Crippen molar-refractivity contribution in [1.82, 2.24) is 5.32 Å². The lowest BCUT2D eigenvalue weighted by Crippen LogP contribution is -2.21. The Morgan fingerprint density at radius 2 is 1.87 bits per heavy atom. The minimum absolute atomic E-state index is 0.124. The summed E-state index contributed by atoms with van der Waals surface area (Å²) in [5, 5.41) is 3.78. The molecule has 0 bridgehead atoms. The van der Waals surface area contributed by atoms with E-state index in [-0.39, 0.29) is 5.91 Å². The molecule has 0 radical (unpaired) electrons. The van der Waals surface area contributed by atoms with E-state index in [0.29, 0.717) is 18.0 Å². The summed E-state index contributed by atoms with van der Waals surface area (Å²) in [6.07, 6.45) is 4.20. The second-order valence-corrected chi connectivity index (χ2v) is 7.29. The molecule has 0 fully saturated rings. The van der Waals surface area contributed by atoms with Crippen molar-refractivity contribution in [3.63, 3.8) is 0 Å². The topological polar surface area (TPSA) is 69.9 Å². The molecule has 0 aliphatic rings. The van der Waals surface area contributed by atoms with Gasteiger partial charge in [0.05, 0.1) is 27.6 Å². The predicted octanol–water partition coefficient (Wildman–Crippen LogP) is 5.36. The van der Waals surface area contributed by atoms with E-state index in [4.69, 9.17) is 18.6 Å². The monoisotopic (exact) mass is 423 g/mol. The Bertz CT molecular complexity index is 1130. The molecule has 0 saturated heterocycles. The first-order valence-electron chi connectivity index (χ1n) is 10.2. The number of allylic oxidation sites excluding steroid dienone is 1. The molecule has 1 heterocycles. The number of carbonyl (C=O) groups is 1. The SMILES string of the molecule is CCCNC(=O)/C=C(\C)c1cc2c(-c3cc(OC)ccc3OC)coc2c(C)c1OC. The average Bonchev–Trinajstić information content (AvgIpc) is 3.21. The van der Waals surface area contributed by atoms with Gasteiger partial charge in [0.25, 0.3) is 0 Å². The Balaban J connectivity index is 2.21. The van der Waals surface area contributed by atoms with Gasteiger partial charge in [-0.15, -0.1) is 0 Å². The predicted molar refractivity (Wildman–Crippen MR) is 123 cm³/mol. The van der Waals surface area contributed by atoms with Gasteiger partial charge >= 0.3 is 0 Å². The molecule has 2 aromatic carbocycles. The van der Waals surface area contributed by atoms with Crippen molar-refractivity contribution < 1.29 is 23.4 Å². The lowest BCUT2D eigenvalue weighted by Gasteiger charge is -2.14. The first-order chi connectivity index (χ1) is 14.9. The zero-order valence-corrected chi connectivity index (χ0v) is 18.9. The minimum atomic E-state index is -0.124. The van der Waals surface area contributed by atoms with Gasteiger partial charge in [0, 0.05) is 40.3 Å². The van der Waals surface area contributed by atoms with E-state index in [2.05, 4.69) is 5.32 Å². The zero-order valence-electron chi connectivity index (χ0n) is 18.9. The highest BCUT2D eigenvalue weighted by Crippen LogP contribution is 2.43. The highest BCUT2D eigenvalue weighted by atomic mass is 16.5. The zero-order chi connectivity index (χ0) is 22.5. The van der Waals surface area contributed by atoms with Crippen LogP contribution < -0.4 is 19.5 Å². The van der Waals surface area contributed by atoms with Gasteiger partial charge < -0.3 is 23.9 Å². The van der Waals surface area contributed by atoms with Crippen molar-refractivity contribution in [2.45, 2.75) is 27.2 Å². The summed E-state index contributed by atoms with van der Waals surface area (Å²) in [5.74, 6) is 1.99. The molecule has 0 unspecified atom stereocenters. The molecule has 1 N–H and O–H groups in total. The number of nitrogens with one attached hydrogen (secondary N) is 1. The molecule has 3 aromatic rings. The van der Waals surface area contributed by atoms with Gasteiger partial charge in [0.1, 0.15) is 22.8 Å². The van der Waals surface area contributed by atoms with Crippen molar-refractivity contribution in [3.8, 4) is 28.4 Å². The Morgan fingerprint density at radius 1 is 1.10 bits per heavy atom. The summed E-state index contributed by atoms with van der Waals surface area (Å²) in [4.78, 5) is 12.2. The normalized spacial score (nSPS) is 11.5. The summed E-state index contributed by atoms with van der Waals surface area (Å²) in [6.45, 7) is 6.51. The Hall–Kier alpha value is -3.41. The smallest absolute Gasteiger partial charge is 0.244 e. The van der Waals surface area contributed by atoms with Crippen LogP contribution in [0.25, 0.3) is 27.7 Å². The number of hydrogen-bond donors (Lipinski definition) is 1. The fraction of sp³-hybridized carbons (Fsp3) is 0.320. The molecule has 6 nitrogen and oxygen atoms in total. The van der Waals surface area contributed by atoms with Gasteiger partial charge in [0.15, 0.2) is 0 Å². The third-order valence-corrected chi connectivity index (χ3v) is 5.27. The number of rotatable bonds is 8. The summed E-state index contributed by atoms with van der Waals surface area (Å²) < 4.78 is 22.6. The maximum atomic E-state index is 12.2. The number of methoxy groups -OCH3 is 3. The standard InChI is InChI=1S/C25H29NO5/c1-7-10-26-23(27)11-15(2)18-13-20-21(14-31-25(20)16(3)24(18)30-6)19-12-17(28-4)8-9-22(19)29-5/h8-9,11-14H,7,10H2,1-6H3,(H,26,27)/b15-11+. The molecule has 0 aliphatic carbocycles. The van der Waals surface area contributed by atoms with Crippen LogP contribution in [-0.2, 0) is 4.79 Å². The Labute approximate surface area is 182 Å². The molecular formula is C25H29NO5.